The maximum Gasteiger partial charge on any atom is 0.416 e. The van der Waals surface area contributed by atoms with Gasteiger partial charge in [0.05, 0.1) is 17.1 Å². The zero-order chi connectivity index (χ0) is 25.8. The monoisotopic (exact) mass is 471 g/mol. The Balaban J connectivity index is 0.000000861. The molecular weight excluding hydrogens is 443 g/mol. The van der Waals surface area contributed by atoms with Crippen molar-refractivity contribution >= 4 is 29.2 Å². The fourth-order valence-corrected chi connectivity index (χ4v) is 2.39. The minimum atomic E-state index is -4.50. The number of carboxylic acids is 1. The number of ketones is 1. The fraction of sp³-hybridized carbons (Fsp3) is 0.500. The number of nitrogens with two attached hydrogens (primary N) is 1. The molecule has 0 aromatic heterocycles. The summed E-state index contributed by atoms with van der Waals surface area (Å²) in [6, 6.07) is 2.78. The lowest BCUT2D eigenvalue weighted by Gasteiger charge is -2.16. The lowest BCUT2D eigenvalue weighted by Crippen LogP contribution is -2.41. The molecule has 1 amide bonds. The number of halogens is 3. The van der Waals surface area contributed by atoms with Gasteiger partial charge >= 0.3 is 6.18 Å². The Labute approximate surface area is 190 Å². The van der Waals surface area contributed by atoms with Crippen LogP contribution in [-0.2, 0) is 20.6 Å². The average Bonchev–Trinajstić information content (AvgIpc) is 2.67. The van der Waals surface area contributed by atoms with E-state index in [0.29, 0.717) is 6.42 Å². The molecule has 0 aliphatic heterocycles. The Hall–Kier alpha value is -3.01. The normalized spacial score (nSPS) is 12.0. The maximum absolute atomic E-state index is 12.4. The van der Waals surface area contributed by atoms with Gasteiger partial charge in [0, 0.05) is 18.2 Å². The van der Waals surface area contributed by atoms with Gasteiger partial charge in [0.15, 0.2) is 5.78 Å². The third-order valence-electron chi connectivity index (χ3n) is 4.10. The minimum Gasteiger partial charge on any atom is -0.763 e. The van der Waals surface area contributed by atoms with Crippen LogP contribution in [0.2, 0.25) is 0 Å². The average molecular weight is 471 g/mol. The van der Waals surface area contributed by atoms with Crippen molar-refractivity contribution in [1.82, 2.24) is 0 Å². The highest BCUT2D eigenvalue weighted by molar-refractivity contribution is 6.29. The van der Waals surface area contributed by atoms with Crippen molar-refractivity contribution in [2.45, 2.75) is 70.7 Å². The first-order valence-electron chi connectivity index (χ1n) is 10.1. The Morgan fingerprint density at radius 3 is 2.12 bits per heavy atom. The smallest absolute Gasteiger partial charge is 0.416 e. The summed E-state index contributed by atoms with van der Waals surface area (Å²) in [5.41, 5.74) is 2.19. The number of hydrogen-bond acceptors (Lipinski definition) is 6. The molecule has 0 radical (unpaired) electrons. The summed E-state index contributed by atoms with van der Waals surface area (Å²) in [5.74, 6) is -1.60. The molecule has 33 heavy (non-hydrogen) atoms. The molecule has 0 saturated carbocycles. The summed E-state index contributed by atoms with van der Waals surface area (Å²) in [4.78, 5) is 33.7. The van der Waals surface area contributed by atoms with Crippen molar-refractivity contribution in [3.63, 3.8) is 0 Å². The van der Waals surface area contributed by atoms with Crippen molar-refractivity contribution in [2.75, 3.05) is 5.32 Å². The Morgan fingerprint density at radius 1 is 1.18 bits per heavy atom. The number of aliphatic hydroxyl groups is 1. The van der Waals surface area contributed by atoms with Crippen LogP contribution >= 0.6 is 0 Å². The number of nitrogens with zero attached hydrogens (tertiary/aromatic N) is 1. The van der Waals surface area contributed by atoms with Crippen LogP contribution in [0.1, 0.15) is 58.4 Å². The third kappa shape index (κ3) is 12.6. The number of hydrogen-bond donors (Lipinski definition) is 3. The molecule has 0 saturated heterocycles. The van der Waals surface area contributed by atoms with E-state index in [-0.39, 0.29) is 5.69 Å². The van der Waals surface area contributed by atoms with E-state index in [1.54, 1.807) is 0 Å². The molecule has 1 aromatic rings. The number of rotatable bonds is 10. The first kappa shape index (κ1) is 30.0. The molecule has 0 aliphatic rings. The summed E-state index contributed by atoms with van der Waals surface area (Å²) in [6.07, 6.45) is -1.39. The quantitative estimate of drug-likeness (QED) is 0.156. The number of benzene rings is 1. The number of carbonyl (C=O) groups is 3. The van der Waals surface area contributed by atoms with Crippen LogP contribution in [0, 0.1) is 0 Å². The van der Waals surface area contributed by atoms with Gasteiger partial charge in [-0.05, 0) is 44.5 Å². The summed E-state index contributed by atoms with van der Waals surface area (Å²) in [5, 5.41) is 30.6. The van der Waals surface area contributed by atoms with Gasteiger partial charge in [0.1, 0.15) is 5.57 Å². The van der Waals surface area contributed by atoms with Gasteiger partial charge in [-0.1, -0.05) is 26.2 Å². The number of amides is 1. The third-order valence-corrected chi connectivity index (χ3v) is 4.10. The van der Waals surface area contributed by atoms with Gasteiger partial charge in [-0.2, -0.15) is 13.2 Å². The summed E-state index contributed by atoms with van der Waals surface area (Å²) >= 11 is 0. The van der Waals surface area contributed by atoms with Gasteiger partial charge in [-0.3, -0.25) is 15.5 Å². The topological polar surface area (TPSA) is 155 Å². The fourth-order valence-electron chi connectivity index (χ4n) is 2.39. The Kier molecular flexibility index (Phi) is 12.3. The molecule has 0 spiro atoms. The molecule has 11 heteroatoms. The second kappa shape index (κ2) is 13.5. The molecule has 0 fully saturated rings. The molecule has 184 valence electrons. The van der Waals surface area contributed by atoms with E-state index in [1.807, 2.05) is 0 Å². The maximum atomic E-state index is 12.4. The second-order valence-electron chi connectivity index (χ2n) is 7.85. The molecule has 0 aliphatic carbocycles. The SMILES string of the molecule is CC(C)(O)CC(=O)C(=C=[N-])C(=O)Nc1ccc(C(F)(F)F)cc1.CCCCCC(N)C(=O)[O-]. The molecule has 8 nitrogen and oxygen atoms in total. The Bertz CT molecular complexity index is 856. The highest BCUT2D eigenvalue weighted by Gasteiger charge is 2.30. The number of Topliss-reactive ketones (excluding diaryl/α,β-unsaturated/α-hetero) is 1. The largest absolute Gasteiger partial charge is 0.763 e. The molecule has 0 bridgehead atoms. The summed E-state index contributed by atoms with van der Waals surface area (Å²) in [7, 11) is 0. The van der Waals surface area contributed by atoms with E-state index in [4.69, 9.17) is 11.1 Å². The molecule has 1 unspecified atom stereocenters. The highest BCUT2D eigenvalue weighted by Crippen LogP contribution is 2.29. The lowest BCUT2D eigenvalue weighted by molar-refractivity contribution is -0.307. The number of carbonyl (C=O) groups excluding carboxylic acids is 3. The number of anilines is 1. The molecule has 1 atom stereocenters. The van der Waals surface area contributed by atoms with Crippen molar-refractivity contribution in [3.05, 3.63) is 40.8 Å². The Morgan fingerprint density at radius 2 is 1.73 bits per heavy atom. The van der Waals surface area contributed by atoms with Crippen LogP contribution in [0.15, 0.2) is 29.8 Å². The molecular formula is C22H28F3N3O5-2. The first-order chi connectivity index (χ1) is 15.1. The number of alkyl halides is 3. The van der Waals surface area contributed by atoms with Gasteiger partial charge in [0.2, 0.25) is 0 Å². The van der Waals surface area contributed by atoms with E-state index in [2.05, 4.69) is 12.2 Å². The number of nitrogens with one attached hydrogen (secondary N) is 1. The van der Waals surface area contributed by atoms with E-state index in [9.17, 15) is 37.8 Å². The molecule has 0 heterocycles. The van der Waals surface area contributed by atoms with E-state index >= 15 is 0 Å². The minimum absolute atomic E-state index is 0.00630. The van der Waals surface area contributed by atoms with Crippen LogP contribution in [-0.4, -0.2) is 40.3 Å². The standard InChI is InChI=1S/C15H14F3N2O3.C7H15NO2/c1-14(2,23)7-12(21)11(8-19)13(22)20-10-5-3-9(4-6-10)15(16,17)18;1-2-3-4-5-6(8)7(9)10/h3-6,23H,7H2,1-2H3,(H,20,22);6H,2-5,8H2,1H3,(H,9,10)/q-1;/p-1. The predicted octanol–water partition coefficient (Wildman–Crippen LogP) is 2.18. The van der Waals surface area contributed by atoms with Crippen molar-refractivity contribution in [3.8, 4) is 0 Å². The first-order valence-corrected chi connectivity index (χ1v) is 10.1. The van der Waals surface area contributed by atoms with Gasteiger partial charge in [-0.25, -0.2) is 0 Å². The van der Waals surface area contributed by atoms with Crippen LogP contribution in [0.3, 0.4) is 0 Å². The van der Waals surface area contributed by atoms with Crippen molar-refractivity contribution in [2.24, 2.45) is 5.73 Å². The van der Waals surface area contributed by atoms with E-state index < -0.39 is 53.0 Å². The van der Waals surface area contributed by atoms with Crippen LogP contribution < -0.4 is 16.2 Å². The summed E-state index contributed by atoms with van der Waals surface area (Å²) in [6.45, 7) is 4.74. The van der Waals surface area contributed by atoms with Crippen molar-refractivity contribution < 1.29 is 37.8 Å². The van der Waals surface area contributed by atoms with Crippen LogP contribution in [0.5, 0.6) is 0 Å². The van der Waals surface area contributed by atoms with Crippen molar-refractivity contribution in [1.29, 1.82) is 0 Å². The molecule has 1 rings (SSSR count). The summed E-state index contributed by atoms with van der Waals surface area (Å²) < 4.78 is 37.3. The van der Waals surface area contributed by atoms with Gasteiger partial charge < -0.3 is 31.5 Å². The van der Waals surface area contributed by atoms with Gasteiger partial charge in [-0.15, -0.1) is 0 Å². The molecule has 1 aromatic carbocycles. The van der Waals surface area contributed by atoms with E-state index in [1.165, 1.54) is 19.7 Å². The number of unbranched alkanes of at least 4 members (excludes halogenated alkanes) is 2. The lowest BCUT2D eigenvalue weighted by atomic mass is 9.98. The molecule has 4 N–H and O–H groups in total. The van der Waals surface area contributed by atoms with Crippen LogP contribution in [0.25, 0.3) is 5.41 Å². The number of carboxylic acid groups (broad SMARTS) is 1. The highest BCUT2D eigenvalue weighted by atomic mass is 19.4. The number of aliphatic carboxylic acids is 1. The van der Waals surface area contributed by atoms with Crippen LogP contribution in [0.4, 0.5) is 18.9 Å². The van der Waals surface area contributed by atoms with E-state index in [0.717, 1.165) is 43.5 Å². The second-order valence-corrected chi connectivity index (χ2v) is 7.85. The predicted molar refractivity (Wildman–Crippen MR) is 115 cm³/mol. The zero-order valence-electron chi connectivity index (χ0n) is 18.7. The van der Waals surface area contributed by atoms with Gasteiger partial charge in [0.25, 0.3) is 5.91 Å². The zero-order valence-corrected chi connectivity index (χ0v) is 18.7.